The molecule has 0 saturated heterocycles. The van der Waals surface area contributed by atoms with E-state index < -0.39 is 6.10 Å². The molecule has 0 spiro atoms. The number of hydrogen-bond donors (Lipinski definition) is 1. The molecule has 0 heterocycles. The molecule has 0 radical (unpaired) electrons. The predicted molar refractivity (Wildman–Crippen MR) is 361 cm³/mol. The predicted octanol–water partition coefficient (Wildman–Crippen LogP) is 23.9. The molecule has 1 N–H and O–H groups in total. The number of allylic oxidation sites excluding steroid dienone is 26. The van der Waals surface area contributed by atoms with Gasteiger partial charge in [0.15, 0.2) is 6.10 Å². The van der Waals surface area contributed by atoms with Crippen LogP contribution in [0.4, 0.5) is 0 Å². The molecule has 464 valence electrons. The third-order valence-electron chi connectivity index (χ3n) is 14.3. The highest BCUT2D eigenvalue weighted by Gasteiger charge is 2.16. The van der Waals surface area contributed by atoms with Gasteiger partial charge in [0.05, 0.1) is 6.61 Å². The van der Waals surface area contributed by atoms with Crippen LogP contribution in [-0.4, -0.2) is 36.4 Å². The number of esters is 2. The summed E-state index contributed by atoms with van der Waals surface area (Å²) >= 11 is 0. The summed E-state index contributed by atoms with van der Waals surface area (Å²) in [6, 6.07) is 0. The van der Waals surface area contributed by atoms with Gasteiger partial charge in [-0.3, -0.25) is 9.59 Å². The van der Waals surface area contributed by atoms with Gasteiger partial charge in [-0.2, -0.15) is 0 Å². The van der Waals surface area contributed by atoms with E-state index in [2.05, 4.69) is 172 Å². The van der Waals surface area contributed by atoms with E-state index in [-0.39, 0.29) is 25.2 Å². The van der Waals surface area contributed by atoms with Crippen LogP contribution in [0.25, 0.3) is 0 Å². The van der Waals surface area contributed by atoms with Crippen LogP contribution in [-0.2, 0) is 19.1 Å². The van der Waals surface area contributed by atoms with Crippen molar-refractivity contribution in [1.82, 2.24) is 0 Å². The van der Waals surface area contributed by atoms with Crippen molar-refractivity contribution < 1.29 is 24.2 Å². The Morgan fingerprint density at radius 2 is 0.488 bits per heavy atom. The van der Waals surface area contributed by atoms with E-state index in [1.54, 1.807) is 0 Å². The lowest BCUT2D eigenvalue weighted by molar-refractivity contribution is -0.161. The van der Waals surface area contributed by atoms with Crippen LogP contribution in [0.5, 0.6) is 0 Å². The Labute approximate surface area is 507 Å². The maximum atomic E-state index is 12.4. The maximum absolute atomic E-state index is 12.4. The van der Waals surface area contributed by atoms with E-state index >= 15 is 0 Å². The molecular formula is C77H126O5. The largest absolute Gasteiger partial charge is 0.462 e. The van der Waals surface area contributed by atoms with Crippen molar-refractivity contribution in [2.75, 3.05) is 13.2 Å². The Morgan fingerprint density at radius 1 is 0.280 bits per heavy atom. The molecule has 1 atom stereocenters. The molecule has 0 rings (SSSR count). The average Bonchev–Trinajstić information content (AvgIpc) is 3.49. The molecule has 0 amide bonds. The van der Waals surface area contributed by atoms with Crippen LogP contribution >= 0.6 is 0 Å². The van der Waals surface area contributed by atoms with Gasteiger partial charge in [-0.15, -0.1) is 0 Å². The second-order valence-corrected chi connectivity index (χ2v) is 22.1. The molecule has 0 aromatic carbocycles. The van der Waals surface area contributed by atoms with Gasteiger partial charge in [-0.25, -0.2) is 0 Å². The lowest BCUT2D eigenvalue weighted by Crippen LogP contribution is -2.28. The minimum Gasteiger partial charge on any atom is -0.462 e. The Balaban J connectivity index is 3.52. The van der Waals surface area contributed by atoms with E-state index in [1.165, 1.54) is 148 Å². The SMILES string of the molecule is CC/C=C\C/C=C\C/C=C\C/C=C\C/C=C\C/C=C\C/C=C\C/C=C\C/C=C\CCCCCCCCCCCCCCCC(=O)OC(CO)COC(=O)CCCCCCCCCCCCCCCC/C=C\C/C=C\C/C=C\C/C=C\CC. The summed E-state index contributed by atoms with van der Waals surface area (Å²) in [4.78, 5) is 24.6. The summed E-state index contributed by atoms with van der Waals surface area (Å²) in [6.07, 6.45) is 108. The summed E-state index contributed by atoms with van der Waals surface area (Å²) in [5.74, 6) is -0.592. The summed E-state index contributed by atoms with van der Waals surface area (Å²) in [7, 11) is 0. The van der Waals surface area contributed by atoms with Gasteiger partial charge in [0.25, 0.3) is 0 Å². The summed E-state index contributed by atoms with van der Waals surface area (Å²) in [5.41, 5.74) is 0. The van der Waals surface area contributed by atoms with Crippen LogP contribution < -0.4 is 0 Å². The maximum Gasteiger partial charge on any atom is 0.306 e. The lowest BCUT2D eigenvalue weighted by Gasteiger charge is -2.15. The average molecular weight is 1130 g/mol. The highest BCUT2D eigenvalue weighted by molar-refractivity contribution is 5.70. The Kier molecular flexibility index (Phi) is 66.9. The fourth-order valence-corrected chi connectivity index (χ4v) is 9.31. The first kappa shape index (κ1) is 77.5. The van der Waals surface area contributed by atoms with Gasteiger partial charge in [-0.1, -0.05) is 320 Å². The molecule has 0 bridgehead atoms. The first-order valence-corrected chi connectivity index (χ1v) is 34.0. The quantitative estimate of drug-likeness (QED) is 0.0373. The van der Waals surface area contributed by atoms with Gasteiger partial charge in [-0.05, 0) is 122 Å². The molecule has 0 aromatic rings. The fourth-order valence-electron chi connectivity index (χ4n) is 9.31. The van der Waals surface area contributed by atoms with Crippen molar-refractivity contribution in [3.05, 3.63) is 158 Å². The van der Waals surface area contributed by atoms with Gasteiger partial charge in [0.2, 0.25) is 0 Å². The number of rotatable bonds is 61. The van der Waals surface area contributed by atoms with Crippen molar-refractivity contribution in [2.45, 2.75) is 302 Å². The van der Waals surface area contributed by atoms with Crippen molar-refractivity contribution in [1.29, 1.82) is 0 Å². The van der Waals surface area contributed by atoms with Gasteiger partial charge in [0, 0.05) is 12.8 Å². The van der Waals surface area contributed by atoms with Crippen LogP contribution in [0.3, 0.4) is 0 Å². The third kappa shape index (κ3) is 68.0. The first-order chi connectivity index (χ1) is 40.6. The second-order valence-electron chi connectivity index (χ2n) is 22.1. The molecule has 5 nitrogen and oxygen atoms in total. The summed E-state index contributed by atoms with van der Waals surface area (Å²) < 4.78 is 10.7. The monoisotopic (exact) mass is 1130 g/mol. The fraction of sp³-hybridized carbons (Fsp3) is 0.636. The smallest absolute Gasteiger partial charge is 0.306 e. The van der Waals surface area contributed by atoms with E-state index in [1.807, 2.05) is 0 Å². The minimum atomic E-state index is -0.783. The van der Waals surface area contributed by atoms with Crippen LogP contribution in [0, 0.1) is 0 Å². The van der Waals surface area contributed by atoms with E-state index in [0.717, 1.165) is 122 Å². The highest BCUT2D eigenvalue weighted by atomic mass is 16.6. The van der Waals surface area contributed by atoms with Crippen LogP contribution in [0.1, 0.15) is 296 Å². The number of unbranched alkanes of at least 4 members (excludes halogenated alkanes) is 27. The molecule has 5 heteroatoms. The zero-order valence-electron chi connectivity index (χ0n) is 53.2. The van der Waals surface area contributed by atoms with E-state index in [9.17, 15) is 14.7 Å². The first-order valence-electron chi connectivity index (χ1n) is 34.0. The Hall–Kier alpha value is -4.48. The number of aliphatic hydroxyl groups is 1. The number of ether oxygens (including phenoxy) is 2. The highest BCUT2D eigenvalue weighted by Crippen LogP contribution is 2.16. The third-order valence-corrected chi connectivity index (χ3v) is 14.3. The lowest BCUT2D eigenvalue weighted by atomic mass is 10.0. The summed E-state index contributed by atoms with van der Waals surface area (Å²) in [6.45, 7) is 3.93. The molecule has 0 aliphatic heterocycles. The zero-order valence-corrected chi connectivity index (χ0v) is 53.2. The molecule has 0 saturated carbocycles. The van der Waals surface area contributed by atoms with Crippen molar-refractivity contribution in [3.63, 3.8) is 0 Å². The number of aliphatic hydroxyl groups excluding tert-OH is 1. The zero-order chi connectivity index (χ0) is 59.1. The molecule has 0 fully saturated rings. The van der Waals surface area contributed by atoms with Crippen molar-refractivity contribution in [2.24, 2.45) is 0 Å². The molecule has 0 aromatic heterocycles. The van der Waals surface area contributed by atoms with E-state index in [0.29, 0.717) is 12.8 Å². The number of carbonyl (C=O) groups is 2. The molecule has 0 aliphatic carbocycles. The normalized spacial score (nSPS) is 13.3. The minimum absolute atomic E-state index is 0.0723. The molecule has 1 unspecified atom stereocenters. The van der Waals surface area contributed by atoms with Crippen LogP contribution in [0.15, 0.2) is 158 Å². The molecule has 0 aliphatic rings. The topological polar surface area (TPSA) is 72.8 Å². The number of hydrogen-bond acceptors (Lipinski definition) is 5. The van der Waals surface area contributed by atoms with E-state index in [4.69, 9.17) is 9.47 Å². The van der Waals surface area contributed by atoms with Crippen LogP contribution in [0.2, 0.25) is 0 Å². The van der Waals surface area contributed by atoms with Crippen molar-refractivity contribution >= 4 is 11.9 Å². The standard InChI is InChI=1S/C77H126O5/c1-3-5-7-9-11-13-15-17-19-21-23-25-27-29-31-32-33-34-35-36-37-38-39-40-41-42-43-44-46-48-50-52-54-56-58-60-62-64-66-68-70-72-77(80)82-75(73-78)74-81-76(79)71-69-67-65-63-61-59-57-55-53-51-49-47-45-30-28-26-24-22-20-18-16-14-12-10-8-6-4-2/h5-8,11-14,17-20,23-26,29,31,33-34,36-37,39-40,42-43,75,78H,3-4,9-10,15-16,21-22,27-28,30,32,35,38,41,44-74H2,1-2H3/b7-5-,8-6-,13-11-,14-12-,19-17-,20-18-,25-23-,26-24-,31-29-,34-33-,37-36-,40-39-,43-42-. The number of carbonyl (C=O) groups excluding carboxylic acids is 2. The van der Waals surface area contributed by atoms with Gasteiger partial charge in [0.1, 0.15) is 6.61 Å². The van der Waals surface area contributed by atoms with Gasteiger partial charge < -0.3 is 14.6 Å². The van der Waals surface area contributed by atoms with Gasteiger partial charge >= 0.3 is 11.9 Å². The summed E-state index contributed by atoms with van der Waals surface area (Å²) in [5, 5.41) is 9.70. The molecular weight excluding hydrogens is 1000 g/mol. The second kappa shape index (κ2) is 70.8. The Bertz CT molecular complexity index is 1760. The Morgan fingerprint density at radius 3 is 0.732 bits per heavy atom. The molecule has 82 heavy (non-hydrogen) atoms. The van der Waals surface area contributed by atoms with Crippen molar-refractivity contribution in [3.8, 4) is 0 Å².